The summed E-state index contributed by atoms with van der Waals surface area (Å²) in [7, 11) is 0. The van der Waals surface area contributed by atoms with Crippen molar-refractivity contribution in [3.8, 4) is 0 Å². The molecule has 0 radical (unpaired) electrons. The van der Waals surface area contributed by atoms with Crippen molar-refractivity contribution in [3.63, 3.8) is 0 Å². The van der Waals surface area contributed by atoms with E-state index < -0.39 is 0 Å². The van der Waals surface area contributed by atoms with E-state index in [2.05, 4.69) is 12.1 Å². The molecule has 1 rings (SSSR count). The van der Waals surface area contributed by atoms with Gasteiger partial charge in [-0.05, 0) is 12.0 Å². The molecule has 1 aromatic rings. The summed E-state index contributed by atoms with van der Waals surface area (Å²) in [5.74, 6) is 0. The van der Waals surface area contributed by atoms with Gasteiger partial charge in [-0.25, -0.2) is 0 Å². The Bertz CT molecular complexity index is 184. The smallest absolute Gasteiger partial charge is 0.675 e. The van der Waals surface area contributed by atoms with Crippen molar-refractivity contribution < 1.29 is 58.2 Å². The predicted octanol–water partition coefficient (Wildman–Crippen LogP) is -0.326. The van der Waals surface area contributed by atoms with E-state index in [4.69, 9.17) is 5.73 Å². The monoisotopic (exact) mass is 219 g/mol. The standard InChI is InChI=1S/C9H12N.Rb/c1-8(10)7-9-5-3-2-4-6-9;/h2-6,8,10H,7H2,1H3;/q-1;+1. The largest absolute Gasteiger partial charge is 1.00 e. The van der Waals surface area contributed by atoms with Crippen LogP contribution < -0.4 is 58.2 Å². The molecule has 0 aliphatic carbocycles. The molecule has 0 spiro atoms. The summed E-state index contributed by atoms with van der Waals surface area (Å²) in [6, 6.07) is 10.2. The van der Waals surface area contributed by atoms with Gasteiger partial charge in [0.05, 0.1) is 0 Å². The molecular formula is C9H12NRb. The first-order valence-electron chi connectivity index (χ1n) is 3.54. The van der Waals surface area contributed by atoms with Crippen LogP contribution in [0, 0.1) is 0 Å². The molecule has 1 aromatic carbocycles. The number of benzene rings is 1. The topological polar surface area (TPSA) is 23.8 Å². The van der Waals surface area contributed by atoms with Crippen molar-refractivity contribution in [2.45, 2.75) is 19.4 Å². The van der Waals surface area contributed by atoms with Crippen LogP contribution in [-0.2, 0) is 6.42 Å². The van der Waals surface area contributed by atoms with Gasteiger partial charge >= 0.3 is 58.2 Å². The van der Waals surface area contributed by atoms with Crippen LogP contribution in [0.25, 0.3) is 5.73 Å². The molecule has 0 saturated carbocycles. The summed E-state index contributed by atoms with van der Waals surface area (Å²) in [5.41, 5.74) is 8.57. The van der Waals surface area contributed by atoms with Crippen LogP contribution in [0.1, 0.15) is 12.5 Å². The number of hydrogen-bond donors (Lipinski definition) is 0. The van der Waals surface area contributed by atoms with Gasteiger partial charge in [0, 0.05) is 0 Å². The molecule has 11 heavy (non-hydrogen) atoms. The average Bonchev–Trinajstić information content (AvgIpc) is 1.88. The van der Waals surface area contributed by atoms with Crippen molar-refractivity contribution in [3.05, 3.63) is 41.6 Å². The van der Waals surface area contributed by atoms with Gasteiger partial charge in [-0.2, -0.15) is 0 Å². The summed E-state index contributed by atoms with van der Waals surface area (Å²) < 4.78 is 0. The van der Waals surface area contributed by atoms with Gasteiger partial charge in [0.15, 0.2) is 0 Å². The van der Waals surface area contributed by atoms with Crippen LogP contribution in [0.3, 0.4) is 0 Å². The minimum atomic E-state index is 0. The van der Waals surface area contributed by atoms with Crippen LogP contribution in [-0.4, -0.2) is 6.04 Å². The average molecular weight is 220 g/mol. The third kappa shape index (κ3) is 5.26. The Morgan fingerprint density at radius 2 is 1.82 bits per heavy atom. The quantitative estimate of drug-likeness (QED) is 0.651. The van der Waals surface area contributed by atoms with Crippen molar-refractivity contribution in [1.82, 2.24) is 0 Å². The van der Waals surface area contributed by atoms with Crippen LogP contribution in [0.2, 0.25) is 0 Å². The van der Waals surface area contributed by atoms with E-state index >= 15 is 0 Å². The van der Waals surface area contributed by atoms with E-state index in [1.807, 2.05) is 25.1 Å². The predicted molar refractivity (Wildman–Crippen MR) is 43.9 cm³/mol. The zero-order valence-corrected chi connectivity index (χ0v) is 12.1. The van der Waals surface area contributed by atoms with E-state index in [-0.39, 0.29) is 64.2 Å². The summed E-state index contributed by atoms with van der Waals surface area (Å²) in [5, 5.41) is 0. The van der Waals surface area contributed by atoms with Crippen LogP contribution >= 0.6 is 0 Å². The number of nitrogens with one attached hydrogen (secondary N) is 1. The Kier molecular flexibility index (Phi) is 7.08. The molecule has 2 heteroatoms. The molecule has 1 nitrogen and oxygen atoms in total. The fourth-order valence-corrected chi connectivity index (χ4v) is 0.968. The minimum Gasteiger partial charge on any atom is -0.675 e. The van der Waals surface area contributed by atoms with E-state index in [0.717, 1.165) is 6.42 Å². The molecule has 54 valence electrons. The molecule has 1 N–H and O–H groups in total. The molecule has 0 aliphatic heterocycles. The molecule has 0 heterocycles. The summed E-state index contributed by atoms with van der Waals surface area (Å²) in [4.78, 5) is 0. The van der Waals surface area contributed by atoms with Crippen molar-refractivity contribution in [2.75, 3.05) is 0 Å². The van der Waals surface area contributed by atoms with Gasteiger partial charge in [0.25, 0.3) is 0 Å². The van der Waals surface area contributed by atoms with E-state index in [1.54, 1.807) is 0 Å². The molecule has 0 aromatic heterocycles. The molecule has 0 bridgehead atoms. The van der Waals surface area contributed by atoms with E-state index in [1.165, 1.54) is 5.56 Å². The van der Waals surface area contributed by atoms with Gasteiger partial charge in [-0.1, -0.05) is 37.3 Å². The van der Waals surface area contributed by atoms with Gasteiger partial charge in [-0.3, -0.25) is 0 Å². The van der Waals surface area contributed by atoms with Crippen molar-refractivity contribution in [2.24, 2.45) is 0 Å². The van der Waals surface area contributed by atoms with Gasteiger partial charge in [0.2, 0.25) is 0 Å². The van der Waals surface area contributed by atoms with Gasteiger partial charge in [0.1, 0.15) is 0 Å². The first-order chi connectivity index (χ1) is 4.79. The maximum Gasteiger partial charge on any atom is 1.00 e. The molecular weight excluding hydrogens is 208 g/mol. The Hall–Kier alpha value is 0.985. The number of hydrogen-bond acceptors (Lipinski definition) is 0. The molecule has 1 atom stereocenters. The van der Waals surface area contributed by atoms with Crippen LogP contribution in [0.5, 0.6) is 0 Å². The third-order valence-corrected chi connectivity index (χ3v) is 1.38. The van der Waals surface area contributed by atoms with Crippen molar-refractivity contribution in [1.29, 1.82) is 0 Å². The first kappa shape index (κ1) is 12.0. The Morgan fingerprint density at radius 3 is 2.27 bits per heavy atom. The molecule has 0 aliphatic rings. The zero-order chi connectivity index (χ0) is 7.40. The first-order valence-corrected chi connectivity index (χ1v) is 3.54. The van der Waals surface area contributed by atoms with Crippen LogP contribution in [0.4, 0.5) is 0 Å². The normalized spacial score (nSPS) is 11.8. The third-order valence-electron chi connectivity index (χ3n) is 1.38. The van der Waals surface area contributed by atoms with Gasteiger partial charge < -0.3 is 5.73 Å². The molecule has 0 amide bonds. The fourth-order valence-electron chi connectivity index (χ4n) is 0.968. The molecule has 0 fully saturated rings. The summed E-state index contributed by atoms with van der Waals surface area (Å²) in [6.45, 7) is 1.91. The SMILES string of the molecule is CC([NH-])Cc1ccccc1.[Rb+]. The Morgan fingerprint density at radius 1 is 1.27 bits per heavy atom. The fraction of sp³-hybridized carbons (Fsp3) is 0.333. The molecule has 0 saturated heterocycles. The second kappa shape index (κ2) is 6.50. The minimum absolute atomic E-state index is 0. The Balaban J connectivity index is 0.000001000. The number of rotatable bonds is 2. The maximum atomic E-state index is 7.32. The Labute approximate surface area is 117 Å². The second-order valence-electron chi connectivity index (χ2n) is 2.59. The summed E-state index contributed by atoms with van der Waals surface area (Å²) in [6.07, 6.45) is 0.862. The van der Waals surface area contributed by atoms with Crippen LogP contribution in [0.15, 0.2) is 30.3 Å². The zero-order valence-electron chi connectivity index (χ0n) is 7.17. The summed E-state index contributed by atoms with van der Waals surface area (Å²) >= 11 is 0. The maximum absolute atomic E-state index is 7.32. The second-order valence-corrected chi connectivity index (χ2v) is 2.59. The van der Waals surface area contributed by atoms with Gasteiger partial charge in [-0.15, -0.1) is 6.04 Å². The van der Waals surface area contributed by atoms with E-state index in [9.17, 15) is 0 Å². The molecule has 1 unspecified atom stereocenters. The van der Waals surface area contributed by atoms with Crippen molar-refractivity contribution >= 4 is 0 Å². The van der Waals surface area contributed by atoms with E-state index in [0.29, 0.717) is 0 Å².